The predicted molar refractivity (Wildman–Crippen MR) is 221 cm³/mol. The standard InChI is InChI=1S/C50H30N2O/c1-2-11-32(12-3-1)44-26-24-33-21-22-34-25-27-45(52-49(34)48(33)51-44)38-15-8-14-36(29-38)39-18-9-19-46-47(39)43-30-42(40-16-6-7-17-41(40)50(43)53-46)37-23-20-31-10-4-5-13-35(31)28-37/h1-30H. The van der Waals surface area contributed by atoms with Crippen LogP contribution in [0, 0.1) is 0 Å². The van der Waals surface area contributed by atoms with Gasteiger partial charge in [0.15, 0.2) is 0 Å². The quantitative estimate of drug-likeness (QED) is 0.174. The highest BCUT2D eigenvalue weighted by molar-refractivity contribution is 6.22. The summed E-state index contributed by atoms with van der Waals surface area (Å²) in [5.74, 6) is 0. The summed E-state index contributed by atoms with van der Waals surface area (Å²) < 4.78 is 6.72. The molecule has 3 heterocycles. The lowest BCUT2D eigenvalue weighted by Gasteiger charge is -2.11. The van der Waals surface area contributed by atoms with E-state index in [4.69, 9.17) is 14.4 Å². The fourth-order valence-corrected chi connectivity index (χ4v) is 8.03. The average molecular weight is 675 g/mol. The molecule has 0 spiro atoms. The number of rotatable bonds is 4. The third kappa shape index (κ3) is 4.82. The van der Waals surface area contributed by atoms with E-state index in [1.165, 1.54) is 27.3 Å². The molecule has 0 bridgehead atoms. The molecular weight excluding hydrogens is 645 g/mol. The van der Waals surface area contributed by atoms with Crippen molar-refractivity contribution >= 4 is 65.3 Å². The maximum atomic E-state index is 6.72. The molecule has 0 aliphatic carbocycles. The summed E-state index contributed by atoms with van der Waals surface area (Å²) >= 11 is 0. The molecule has 0 N–H and O–H groups in total. The molecule has 11 aromatic rings. The van der Waals surface area contributed by atoms with E-state index in [2.05, 4.69) is 164 Å². The van der Waals surface area contributed by atoms with Crippen LogP contribution >= 0.6 is 0 Å². The zero-order valence-corrected chi connectivity index (χ0v) is 28.6. The molecule has 0 unspecified atom stereocenters. The highest BCUT2D eigenvalue weighted by atomic mass is 16.3. The van der Waals surface area contributed by atoms with E-state index in [0.717, 1.165) is 82.8 Å². The van der Waals surface area contributed by atoms with Gasteiger partial charge in [-0.2, -0.15) is 0 Å². The first kappa shape index (κ1) is 29.6. The Bertz CT molecular complexity index is 3230. The smallest absolute Gasteiger partial charge is 0.143 e. The molecule has 0 aliphatic heterocycles. The number of furan rings is 1. The molecule has 0 amide bonds. The van der Waals surface area contributed by atoms with Crippen LogP contribution in [0.5, 0.6) is 0 Å². The summed E-state index contributed by atoms with van der Waals surface area (Å²) in [6.07, 6.45) is 0. The number of hydrogen-bond donors (Lipinski definition) is 0. The van der Waals surface area contributed by atoms with Gasteiger partial charge in [0.25, 0.3) is 0 Å². The minimum absolute atomic E-state index is 0.874. The number of hydrogen-bond acceptors (Lipinski definition) is 3. The highest BCUT2D eigenvalue weighted by Gasteiger charge is 2.18. The zero-order chi connectivity index (χ0) is 34.9. The van der Waals surface area contributed by atoms with Crippen molar-refractivity contribution in [2.45, 2.75) is 0 Å². The normalized spacial score (nSPS) is 11.8. The van der Waals surface area contributed by atoms with Crippen molar-refractivity contribution in [2.24, 2.45) is 0 Å². The van der Waals surface area contributed by atoms with Gasteiger partial charge in [0, 0.05) is 38.1 Å². The number of benzene rings is 8. The van der Waals surface area contributed by atoms with Crippen LogP contribution in [-0.2, 0) is 0 Å². The van der Waals surface area contributed by atoms with Crippen molar-refractivity contribution < 1.29 is 4.42 Å². The third-order valence-electron chi connectivity index (χ3n) is 10.6. The molecule has 3 heteroatoms. The lowest BCUT2D eigenvalue weighted by atomic mass is 9.92. The van der Waals surface area contributed by atoms with Gasteiger partial charge in [0.1, 0.15) is 11.2 Å². The Hall–Kier alpha value is -7.10. The van der Waals surface area contributed by atoms with E-state index in [1.807, 2.05) is 18.2 Å². The molecule has 0 radical (unpaired) electrons. The second-order valence-corrected chi connectivity index (χ2v) is 13.7. The lowest BCUT2D eigenvalue weighted by Crippen LogP contribution is -1.91. The maximum Gasteiger partial charge on any atom is 0.143 e. The fourth-order valence-electron chi connectivity index (χ4n) is 8.03. The fraction of sp³-hybridized carbons (Fsp3) is 0. The maximum absolute atomic E-state index is 6.72. The molecule has 3 aromatic heterocycles. The van der Waals surface area contributed by atoms with Gasteiger partial charge >= 0.3 is 0 Å². The minimum atomic E-state index is 0.874. The topological polar surface area (TPSA) is 38.9 Å². The Morgan fingerprint density at radius 3 is 1.75 bits per heavy atom. The Labute approximate surface area is 305 Å². The molecule has 0 atom stereocenters. The van der Waals surface area contributed by atoms with E-state index in [9.17, 15) is 0 Å². The predicted octanol–water partition coefficient (Wildman–Crippen LogP) is 13.7. The van der Waals surface area contributed by atoms with Crippen LogP contribution in [0.2, 0.25) is 0 Å². The summed E-state index contributed by atoms with van der Waals surface area (Å²) in [6, 6.07) is 64.4. The van der Waals surface area contributed by atoms with Crippen LogP contribution in [-0.4, -0.2) is 9.97 Å². The van der Waals surface area contributed by atoms with Crippen molar-refractivity contribution in [3.63, 3.8) is 0 Å². The molecule has 0 saturated carbocycles. The molecule has 0 saturated heterocycles. The first-order chi connectivity index (χ1) is 26.2. The van der Waals surface area contributed by atoms with Gasteiger partial charge in [-0.25, -0.2) is 9.97 Å². The molecule has 53 heavy (non-hydrogen) atoms. The Kier molecular flexibility index (Phi) is 6.55. The second-order valence-electron chi connectivity index (χ2n) is 13.7. The van der Waals surface area contributed by atoms with Gasteiger partial charge in [0.2, 0.25) is 0 Å². The van der Waals surface area contributed by atoms with Crippen molar-refractivity contribution in [1.29, 1.82) is 0 Å². The average Bonchev–Trinajstić information content (AvgIpc) is 3.62. The number of aromatic nitrogens is 2. The highest BCUT2D eigenvalue weighted by Crippen LogP contribution is 2.44. The van der Waals surface area contributed by atoms with Crippen LogP contribution < -0.4 is 0 Å². The van der Waals surface area contributed by atoms with Crippen LogP contribution in [0.1, 0.15) is 0 Å². The van der Waals surface area contributed by atoms with Gasteiger partial charge in [-0.15, -0.1) is 0 Å². The summed E-state index contributed by atoms with van der Waals surface area (Å²) in [6.45, 7) is 0. The first-order valence-corrected chi connectivity index (χ1v) is 18.0. The monoisotopic (exact) mass is 674 g/mol. The van der Waals surface area contributed by atoms with E-state index >= 15 is 0 Å². The van der Waals surface area contributed by atoms with Gasteiger partial charge < -0.3 is 4.42 Å². The van der Waals surface area contributed by atoms with Crippen molar-refractivity contribution in [1.82, 2.24) is 9.97 Å². The van der Waals surface area contributed by atoms with Crippen LogP contribution in [0.15, 0.2) is 186 Å². The summed E-state index contributed by atoms with van der Waals surface area (Å²) in [5, 5.41) is 9.12. The molecule has 246 valence electrons. The third-order valence-corrected chi connectivity index (χ3v) is 10.6. The summed E-state index contributed by atoms with van der Waals surface area (Å²) in [5.41, 5.74) is 12.2. The number of fused-ring (bicyclic) bond motifs is 9. The van der Waals surface area contributed by atoms with Gasteiger partial charge in [0.05, 0.1) is 22.4 Å². The zero-order valence-electron chi connectivity index (χ0n) is 28.6. The number of nitrogens with zero attached hydrogens (tertiary/aromatic N) is 2. The van der Waals surface area contributed by atoms with Gasteiger partial charge in [-0.05, 0) is 74.8 Å². The Morgan fingerprint density at radius 1 is 0.340 bits per heavy atom. The number of pyridine rings is 2. The molecule has 0 aliphatic rings. The van der Waals surface area contributed by atoms with Crippen LogP contribution in [0.25, 0.3) is 110 Å². The first-order valence-electron chi connectivity index (χ1n) is 18.0. The lowest BCUT2D eigenvalue weighted by molar-refractivity contribution is 0.673. The largest absolute Gasteiger partial charge is 0.455 e. The van der Waals surface area contributed by atoms with E-state index in [0.29, 0.717) is 0 Å². The Balaban J connectivity index is 1.08. The minimum Gasteiger partial charge on any atom is -0.455 e. The van der Waals surface area contributed by atoms with E-state index < -0.39 is 0 Å². The van der Waals surface area contributed by atoms with E-state index in [-0.39, 0.29) is 0 Å². The van der Waals surface area contributed by atoms with Crippen molar-refractivity contribution in [3.05, 3.63) is 182 Å². The van der Waals surface area contributed by atoms with Crippen molar-refractivity contribution in [3.8, 4) is 44.8 Å². The van der Waals surface area contributed by atoms with Crippen molar-refractivity contribution in [2.75, 3.05) is 0 Å². The molecule has 8 aromatic carbocycles. The second kappa shape index (κ2) is 11.7. The molecule has 11 rings (SSSR count). The summed E-state index contributed by atoms with van der Waals surface area (Å²) in [4.78, 5) is 10.4. The molecule has 3 nitrogen and oxygen atoms in total. The molecular formula is C50H30N2O. The summed E-state index contributed by atoms with van der Waals surface area (Å²) in [7, 11) is 0. The van der Waals surface area contributed by atoms with E-state index in [1.54, 1.807) is 0 Å². The SMILES string of the molecule is c1ccc(-c2ccc3ccc4ccc(-c5cccc(-c6cccc7oc8c9ccccc9c(-c9ccc%10ccccc%10c9)cc8c67)c5)nc4c3n2)cc1. The Morgan fingerprint density at radius 2 is 0.943 bits per heavy atom. The van der Waals surface area contributed by atoms with Gasteiger partial charge in [-0.1, -0.05) is 146 Å². The molecule has 0 fully saturated rings. The van der Waals surface area contributed by atoms with Gasteiger partial charge in [-0.3, -0.25) is 0 Å². The van der Waals surface area contributed by atoms with Crippen LogP contribution in [0.3, 0.4) is 0 Å². The van der Waals surface area contributed by atoms with Crippen LogP contribution in [0.4, 0.5) is 0 Å².